The molecule has 0 radical (unpaired) electrons. The van der Waals surface area contributed by atoms with Crippen molar-refractivity contribution in [2.45, 2.75) is 12.6 Å². The minimum atomic E-state index is 0. The molecule has 1 unspecified atom stereocenters. The third-order valence-electron chi connectivity index (χ3n) is 3.48. The van der Waals surface area contributed by atoms with Gasteiger partial charge in [-0.1, -0.05) is 28.9 Å². The molecule has 0 aliphatic carbocycles. The summed E-state index contributed by atoms with van der Waals surface area (Å²) in [5.41, 5.74) is 0. The smallest absolute Gasteiger partial charge is 0.264 e. The van der Waals surface area contributed by atoms with Gasteiger partial charge >= 0.3 is 0 Å². The van der Waals surface area contributed by atoms with Crippen molar-refractivity contribution >= 4 is 24.0 Å². The zero-order valence-corrected chi connectivity index (χ0v) is 13.7. The Balaban J connectivity index is 0.00000176. The molecular formula is C14H18Cl2N4O2. The van der Waals surface area contributed by atoms with Crippen molar-refractivity contribution in [1.29, 1.82) is 0 Å². The molecule has 0 spiro atoms. The Morgan fingerprint density at radius 2 is 2.27 bits per heavy atom. The molecule has 1 N–H and O–H groups in total. The molecule has 1 fully saturated rings. The lowest BCUT2D eigenvalue weighted by atomic mass is 10.2. The van der Waals surface area contributed by atoms with Crippen molar-refractivity contribution in [3.05, 3.63) is 41.0 Å². The van der Waals surface area contributed by atoms with Gasteiger partial charge in [-0.3, -0.25) is 4.90 Å². The van der Waals surface area contributed by atoms with Crippen LogP contribution >= 0.6 is 24.0 Å². The highest BCUT2D eigenvalue weighted by Gasteiger charge is 2.25. The van der Waals surface area contributed by atoms with E-state index in [-0.39, 0.29) is 25.1 Å². The monoisotopic (exact) mass is 344 g/mol. The fourth-order valence-corrected chi connectivity index (χ4v) is 2.45. The summed E-state index contributed by atoms with van der Waals surface area (Å²) in [7, 11) is 2.06. The summed E-state index contributed by atoms with van der Waals surface area (Å²) in [6.07, 6.45) is 0. The number of para-hydroxylation sites is 1. The Morgan fingerprint density at radius 1 is 1.45 bits per heavy atom. The lowest BCUT2D eigenvalue weighted by molar-refractivity contribution is 0.189. The maximum absolute atomic E-state index is 6.03. The van der Waals surface area contributed by atoms with Crippen LogP contribution in [0.25, 0.3) is 0 Å². The predicted octanol–water partition coefficient (Wildman–Crippen LogP) is 2.30. The second-order valence-corrected chi connectivity index (χ2v) is 5.37. The van der Waals surface area contributed by atoms with Crippen LogP contribution in [0.5, 0.6) is 5.75 Å². The first-order valence-electron chi connectivity index (χ1n) is 6.85. The van der Waals surface area contributed by atoms with E-state index in [1.807, 2.05) is 12.1 Å². The number of nitrogens with zero attached hydrogens (tertiary/aromatic N) is 3. The van der Waals surface area contributed by atoms with Gasteiger partial charge in [0.05, 0.1) is 11.1 Å². The first-order chi connectivity index (χ1) is 10.2. The van der Waals surface area contributed by atoms with Crippen molar-refractivity contribution < 1.29 is 9.26 Å². The number of benzene rings is 1. The number of nitrogens with one attached hydrogen (secondary N) is 1. The van der Waals surface area contributed by atoms with Crippen molar-refractivity contribution in [3.63, 3.8) is 0 Å². The second kappa shape index (κ2) is 7.78. The quantitative estimate of drug-likeness (QED) is 0.918. The Bertz CT molecular complexity index is 608. The third kappa shape index (κ3) is 3.89. The maximum Gasteiger partial charge on any atom is 0.264 e. The van der Waals surface area contributed by atoms with Crippen LogP contribution in [0.3, 0.4) is 0 Å². The third-order valence-corrected chi connectivity index (χ3v) is 3.79. The lowest BCUT2D eigenvalue weighted by Crippen LogP contribution is -2.44. The number of piperazine rings is 1. The van der Waals surface area contributed by atoms with E-state index in [1.165, 1.54) is 0 Å². The summed E-state index contributed by atoms with van der Waals surface area (Å²) < 4.78 is 10.8. The fourth-order valence-electron chi connectivity index (χ4n) is 2.26. The van der Waals surface area contributed by atoms with Crippen molar-refractivity contribution in [2.75, 3.05) is 26.7 Å². The average molecular weight is 345 g/mol. The Morgan fingerprint density at radius 3 is 3.05 bits per heavy atom. The molecule has 1 saturated heterocycles. The molecule has 6 nitrogen and oxygen atoms in total. The highest BCUT2D eigenvalue weighted by molar-refractivity contribution is 6.32. The molecule has 0 bridgehead atoms. The Hall–Kier alpha value is -1.34. The normalized spacial score (nSPS) is 18.7. The van der Waals surface area contributed by atoms with Crippen LogP contribution < -0.4 is 10.1 Å². The first-order valence-corrected chi connectivity index (χ1v) is 7.22. The van der Waals surface area contributed by atoms with Crippen molar-refractivity contribution in [2.24, 2.45) is 0 Å². The van der Waals surface area contributed by atoms with E-state index in [0.717, 1.165) is 19.6 Å². The molecule has 22 heavy (non-hydrogen) atoms. The Labute approximate surface area is 140 Å². The number of hydrogen-bond acceptors (Lipinski definition) is 6. The lowest BCUT2D eigenvalue weighted by Gasteiger charge is -2.30. The number of aromatic nitrogens is 2. The summed E-state index contributed by atoms with van der Waals surface area (Å²) in [6.45, 7) is 2.97. The molecule has 1 atom stereocenters. The molecule has 3 rings (SSSR count). The van der Waals surface area contributed by atoms with E-state index in [9.17, 15) is 0 Å². The Kier molecular flexibility index (Phi) is 6.02. The van der Waals surface area contributed by atoms with Gasteiger partial charge in [0.1, 0.15) is 5.75 Å². The SMILES string of the molecule is CN1CCNCC1c1noc(COc2ccccc2Cl)n1.Cl. The number of ether oxygens (including phenoxy) is 1. The molecule has 8 heteroatoms. The van der Waals surface area contributed by atoms with E-state index in [2.05, 4.69) is 27.4 Å². The highest BCUT2D eigenvalue weighted by Crippen LogP contribution is 2.24. The standard InChI is InChI=1S/C14H17ClN4O2.ClH/c1-19-7-6-16-8-11(19)14-17-13(21-18-14)9-20-12-5-3-2-4-10(12)15;/h2-5,11,16H,6-9H2,1H3;1H. The van der Waals surface area contributed by atoms with Gasteiger partial charge in [-0.05, 0) is 19.2 Å². The summed E-state index contributed by atoms with van der Waals surface area (Å²) in [6, 6.07) is 7.43. The number of hydrogen-bond donors (Lipinski definition) is 1. The van der Waals surface area contributed by atoms with Crippen LogP contribution in [0, 0.1) is 0 Å². The molecule has 1 aromatic carbocycles. The molecule has 0 amide bonds. The topological polar surface area (TPSA) is 63.4 Å². The number of likely N-dealkylation sites (N-methyl/N-ethyl adjacent to an activating group) is 1. The van der Waals surface area contributed by atoms with Crippen LogP contribution in [-0.4, -0.2) is 41.7 Å². The van der Waals surface area contributed by atoms with Gasteiger partial charge in [0, 0.05) is 19.6 Å². The molecule has 1 aliphatic rings. The largest absolute Gasteiger partial charge is 0.482 e. The van der Waals surface area contributed by atoms with Gasteiger partial charge in [-0.25, -0.2) is 0 Å². The summed E-state index contributed by atoms with van der Waals surface area (Å²) in [5.74, 6) is 1.74. The zero-order valence-electron chi connectivity index (χ0n) is 12.2. The van der Waals surface area contributed by atoms with Gasteiger partial charge in [0.2, 0.25) is 0 Å². The van der Waals surface area contributed by atoms with Gasteiger partial charge in [0.15, 0.2) is 12.4 Å². The number of rotatable bonds is 4. The second-order valence-electron chi connectivity index (χ2n) is 4.97. The summed E-state index contributed by atoms with van der Waals surface area (Å²) >= 11 is 6.03. The van der Waals surface area contributed by atoms with E-state index in [1.54, 1.807) is 12.1 Å². The van der Waals surface area contributed by atoms with Gasteiger partial charge in [-0.2, -0.15) is 4.98 Å². The average Bonchev–Trinajstić information content (AvgIpc) is 2.96. The first kappa shape index (κ1) is 17.0. The fraction of sp³-hybridized carbons (Fsp3) is 0.429. The summed E-state index contributed by atoms with van der Waals surface area (Å²) in [4.78, 5) is 6.61. The molecule has 2 heterocycles. The van der Waals surface area contributed by atoms with Gasteiger partial charge < -0.3 is 14.6 Å². The van der Waals surface area contributed by atoms with Gasteiger partial charge in [-0.15, -0.1) is 12.4 Å². The maximum atomic E-state index is 6.03. The van der Waals surface area contributed by atoms with E-state index >= 15 is 0 Å². The molecular weight excluding hydrogens is 327 g/mol. The van der Waals surface area contributed by atoms with E-state index in [0.29, 0.717) is 22.5 Å². The van der Waals surface area contributed by atoms with Crippen LogP contribution in [0.4, 0.5) is 0 Å². The number of halogens is 2. The van der Waals surface area contributed by atoms with E-state index in [4.69, 9.17) is 20.9 Å². The molecule has 0 saturated carbocycles. The van der Waals surface area contributed by atoms with Crippen LogP contribution in [0.2, 0.25) is 5.02 Å². The molecule has 1 aliphatic heterocycles. The van der Waals surface area contributed by atoms with Gasteiger partial charge in [0.25, 0.3) is 5.89 Å². The van der Waals surface area contributed by atoms with Crippen LogP contribution in [-0.2, 0) is 6.61 Å². The summed E-state index contributed by atoms with van der Waals surface area (Å²) in [5, 5.41) is 7.93. The minimum Gasteiger partial charge on any atom is -0.482 e. The minimum absolute atomic E-state index is 0. The van der Waals surface area contributed by atoms with Crippen molar-refractivity contribution in [1.82, 2.24) is 20.4 Å². The molecule has 120 valence electrons. The molecule has 2 aromatic rings. The predicted molar refractivity (Wildman–Crippen MR) is 85.6 cm³/mol. The van der Waals surface area contributed by atoms with Crippen LogP contribution in [0.15, 0.2) is 28.8 Å². The molecule has 1 aromatic heterocycles. The van der Waals surface area contributed by atoms with E-state index < -0.39 is 0 Å². The zero-order chi connectivity index (χ0) is 14.7. The van der Waals surface area contributed by atoms with Crippen molar-refractivity contribution in [3.8, 4) is 5.75 Å². The highest BCUT2D eigenvalue weighted by atomic mass is 35.5. The van der Waals surface area contributed by atoms with Crippen LogP contribution in [0.1, 0.15) is 17.8 Å².